The first-order valence-electron chi connectivity index (χ1n) is 5.92. The number of hydrogen-bond donors (Lipinski definition) is 2. The topological polar surface area (TPSA) is 32.3 Å². The summed E-state index contributed by atoms with van der Waals surface area (Å²) < 4.78 is 38.5. The molecule has 0 heterocycles. The maximum atomic E-state index is 12.9. The molecule has 0 bridgehead atoms. The quantitative estimate of drug-likeness (QED) is 0.771. The Morgan fingerprint density at radius 2 is 1.72 bits per heavy atom. The lowest BCUT2D eigenvalue weighted by Gasteiger charge is -2.14. The van der Waals surface area contributed by atoms with E-state index in [2.05, 4.69) is 5.32 Å². The number of nitrogens with one attached hydrogen (secondary N) is 1. The summed E-state index contributed by atoms with van der Waals surface area (Å²) in [6, 6.07) is 1.89. The van der Waals surface area contributed by atoms with E-state index in [1.54, 1.807) is 0 Å². The Morgan fingerprint density at radius 1 is 1.17 bits per heavy atom. The van der Waals surface area contributed by atoms with Crippen LogP contribution < -0.4 is 5.32 Å². The van der Waals surface area contributed by atoms with Crippen molar-refractivity contribution < 1.29 is 18.3 Å². The summed E-state index contributed by atoms with van der Waals surface area (Å²) in [6.07, 6.45) is 0.152. The largest absolute Gasteiger partial charge is 0.392 e. The Hall–Kier alpha value is -1.07. The standard InChI is InChI=1S/C13H18F3NO/c1-8(2)3-10(18)7-17-6-9-4-11(14)13(16)12(15)5-9/h4-5,8,10,17-18H,3,6-7H2,1-2H3. The Morgan fingerprint density at radius 3 is 2.22 bits per heavy atom. The van der Waals surface area contributed by atoms with Crippen molar-refractivity contribution in [3.63, 3.8) is 0 Å². The molecule has 18 heavy (non-hydrogen) atoms. The molecule has 2 N–H and O–H groups in total. The van der Waals surface area contributed by atoms with Crippen LogP contribution in [0.3, 0.4) is 0 Å². The van der Waals surface area contributed by atoms with Crippen LogP contribution in [0.1, 0.15) is 25.8 Å². The van der Waals surface area contributed by atoms with Gasteiger partial charge in [-0.25, -0.2) is 13.2 Å². The molecule has 5 heteroatoms. The van der Waals surface area contributed by atoms with Crippen LogP contribution in [0, 0.1) is 23.4 Å². The lowest BCUT2D eigenvalue weighted by atomic mass is 10.1. The van der Waals surface area contributed by atoms with E-state index in [0.717, 1.165) is 12.1 Å². The molecule has 1 aromatic rings. The molecule has 0 saturated carbocycles. The van der Waals surface area contributed by atoms with Crippen molar-refractivity contribution in [3.05, 3.63) is 35.1 Å². The van der Waals surface area contributed by atoms with Gasteiger partial charge >= 0.3 is 0 Å². The molecule has 0 aliphatic heterocycles. The predicted octanol–water partition coefficient (Wildman–Crippen LogP) is 2.60. The summed E-state index contributed by atoms with van der Waals surface area (Å²) in [5.74, 6) is -3.48. The van der Waals surface area contributed by atoms with E-state index in [9.17, 15) is 18.3 Å². The molecule has 2 nitrogen and oxygen atoms in total. The van der Waals surface area contributed by atoms with Crippen LogP contribution in [0.4, 0.5) is 13.2 Å². The molecule has 1 atom stereocenters. The van der Waals surface area contributed by atoms with E-state index >= 15 is 0 Å². The van der Waals surface area contributed by atoms with Gasteiger partial charge in [0.1, 0.15) is 0 Å². The second kappa shape index (κ2) is 6.75. The van der Waals surface area contributed by atoms with Gasteiger partial charge in [0, 0.05) is 13.1 Å². The maximum Gasteiger partial charge on any atom is 0.194 e. The smallest absolute Gasteiger partial charge is 0.194 e. The van der Waals surface area contributed by atoms with Crippen molar-refractivity contribution in [3.8, 4) is 0 Å². The summed E-state index contributed by atoms with van der Waals surface area (Å²) in [4.78, 5) is 0. The molecule has 1 rings (SSSR count). The lowest BCUT2D eigenvalue weighted by molar-refractivity contribution is 0.146. The van der Waals surface area contributed by atoms with Crippen LogP contribution in [-0.2, 0) is 6.54 Å². The number of benzene rings is 1. The number of halogens is 3. The third-order valence-electron chi connectivity index (χ3n) is 2.50. The van der Waals surface area contributed by atoms with Crippen molar-refractivity contribution in [1.82, 2.24) is 5.32 Å². The molecule has 0 aromatic heterocycles. The molecular weight excluding hydrogens is 243 g/mol. The Labute approximate surface area is 105 Å². The van der Waals surface area contributed by atoms with Crippen LogP contribution in [0.15, 0.2) is 12.1 Å². The number of aliphatic hydroxyl groups is 1. The maximum absolute atomic E-state index is 12.9. The van der Waals surface area contributed by atoms with Gasteiger partial charge in [0.2, 0.25) is 0 Å². The minimum atomic E-state index is -1.46. The van der Waals surface area contributed by atoms with E-state index in [1.165, 1.54) is 0 Å². The molecule has 0 fully saturated rings. The van der Waals surface area contributed by atoms with Gasteiger partial charge < -0.3 is 10.4 Å². The first kappa shape index (κ1) is 15.0. The minimum absolute atomic E-state index is 0.184. The average molecular weight is 261 g/mol. The van der Waals surface area contributed by atoms with Crippen LogP contribution >= 0.6 is 0 Å². The summed E-state index contributed by atoms with van der Waals surface area (Å²) in [7, 11) is 0. The fraction of sp³-hybridized carbons (Fsp3) is 0.538. The van der Waals surface area contributed by atoms with Gasteiger partial charge in [-0.05, 0) is 30.0 Å². The Balaban J connectivity index is 2.45. The highest BCUT2D eigenvalue weighted by Crippen LogP contribution is 2.13. The molecule has 0 spiro atoms. The third-order valence-corrected chi connectivity index (χ3v) is 2.50. The first-order valence-corrected chi connectivity index (χ1v) is 5.92. The number of aliphatic hydroxyl groups excluding tert-OH is 1. The molecule has 0 amide bonds. The van der Waals surface area contributed by atoms with Crippen molar-refractivity contribution in [2.24, 2.45) is 5.92 Å². The zero-order valence-corrected chi connectivity index (χ0v) is 10.5. The van der Waals surface area contributed by atoms with Crippen molar-refractivity contribution >= 4 is 0 Å². The second-order valence-electron chi connectivity index (χ2n) is 4.79. The summed E-state index contributed by atoms with van der Waals surface area (Å²) >= 11 is 0. The minimum Gasteiger partial charge on any atom is -0.392 e. The van der Waals surface area contributed by atoms with E-state index in [1.807, 2.05) is 13.8 Å². The summed E-state index contributed by atoms with van der Waals surface area (Å²) in [5.41, 5.74) is 0.308. The monoisotopic (exact) mass is 261 g/mol. The van der Waals surface area contributed by atoms with E-state index in [-0.39, 0.29) is 6.54 Å². The van der Waals surface area contributed by atoms with Crippen LogP contribution in [0.2, 0.25) is 0 Å². The highest BCUT2D eigenvalue weighted by molar-refractivity contribution is 5.19. The predicted molar refractivity (Wildman–Crippen MR) is 63.5 cm³/mol. The van der Waals surface area contributed by atoms with Gasteiger partial charge in [0.15, 0.2) is 17.5 Å². The highest BCUT2D eigenvalue weighted by atomic mass is 19.2. The zero-order valence-electron chi connectivity index (χ0n) is 10.5. The average Bonchev–Trinajstić information content (AvgIpc) is 2.24. The molecule has 0 saturated heterocycles. The molecule has 0 aliphatic carbocycles. The number of hydrogen-bond acceptors (Lipinski definition) is 2. The summed E-state index contributed by atoms with van der Waals surface area (Å²) in [6.45, 7) is 4.50. The van der Waals surface area contributed by atoms with Crippen LogP contribution in [0.5, 0.6) is 0 Å². The SMILES string of the molecule is CC(C)CC(O)CNCc1cc(F)c(F)c(F)c1. The fourth-order valence-corrected chi connectivity index (χ4v) is 1.72. The molecule has 0 radical (unpaired) electrons. The van der Waals surface area contributed by atoms with Crippen LogP contribution in [-0.4, -0.2) is 17.8 Å². The van der Waals surface area contributed by atoms with Crippen LogP contribution in [0.25, 0.3) is 0 Å². The van der Waals surface area contributed by atoms with E-state index < -0.39 is 23.6 Å². The molecule has 0 aliphatic rings. The van der Waals surface area contributed by atoms with Gasteiger partial charge in [0.25, 0.3) is 0 Å². The number of rotatable bonds is 6. The van der Waals surface area contributed by atoms with E-state index in [4.69, 9.17) is 0 Å². The molecule has 102 valence electrons. The van der Waals surface area contributed by atoms with Crippen molar-refractivity contribution in [1.29, 1.82) is 0 Å². The van der Waals surface area contributed by atoms with Gasteiger partial charge in [-0.3, -0.25) is 0 Å². The van der Waals surface area contributed by atoms with E-state index in [0.29, 0.717) is 24.4 Å². The van der Waals surface area contributed by atoms with Gasteiger partial charge in [-0.15, -0.1) is 0 Å². The lowest BCUT2D eigenvalue weighted by Crippen LogP contribution is -2.27. The Kier molecular flexibility index (Phi) is 5.62. The normalized spacial score (nSPS) is 13.1. The van der Waals surface area contributed by atoms with Gasteiger partial charge in [-0.1, -0.05) is 13.8 Å². The Bertz CT molecular complexity index is 373. The summed E-state index contributed by atoms with van der Waals surface area (Å²) in [5, 5.41) is 12.5. The zero-order chi connectivity index (χ0) is 13.7. The highest BCUT2D eigenvalue weighted by Gasteiger charge is 2.11. The molecule has 1 unspecified atom stereocenters. The van der Waals surface area contributed by atoms with Gasteiger partial charge in [-0.2, -0.15) is 0 Å². The van der Waals surface area contributed by atoms with Crippen molar-refractivity contribution in [2.45, 2.75) is 32.9 Å². The molecular formula is C13H18F3NO. The first-order chi connectivity index (χ1) is 8.40. The second-order valence-corrected chi connectivity index (χ2v) is 4.79. The fourth-order valence-electron chi connectivity index (χ4n) is 1.72. The third kappa shape index (κ3) is 4.66. The van der Waals surface area contributed by atoms with Gasteiger partial charge in [0.05, 0.1) is 6.10 Å². The molecule has 1 aromatic carbocycles. The van der Waals surface area contributed by atoms with Crippen molar-refractivity contribution in [2.75, 3.05) is 6.54 Å².